The van der Waals surface area contributed by atoms with Crippen LogP contribution in [0, 0.1) is 0 Å². The van der Waals surface area contributed by atoms with Gasteiger partial charge in [0.15, 0.2) is 0 Å². The summed E-state index contributed by atoms with van der Waals surface area (Å²) in [7, 11) is -3.81. The molecule has 0 aliphatic rings. The number of anilines is 2. The Balaban J connectivity index is 2.35. The molecule has 0 radical (unpaired) electrons. The molecular weight excluding hydrogens is 354 g/mol. The molecule has 8 heteroatoms. The van der Waals surface area contributed by atoms with Crippen molar-refractivity contribution in [1.29, 1.82) is 0 Å². The average Bonchev–Trinajstić information content (AvgIpc) is 2.63. The molecule has 2 aromatic rings. The zero-order valence-corrected chi connectivity index (χ0v) is 15.7. The Bertz CT molecular complexity index is 854. The molecule has 0 atom stereocenters. The van der Waals surface area contributed by atoms with E-state index in [2.05, 4.69) is 16.6 Å². The van der Waals surface area contributed by atoms with Crippen LogP contribution in [0.4, 0.5) is 11.5 Å². The van der Waals surface area contributed by atoms with Gasteiger partial charge in [-0.3, -0.25) is 4.72 Å². The highest BCUT2D eigenvalue weighted by Crippen LogP contribution is 2.23. The van der Waals surface area contributed by atoms with Crippen LogP contribution in [0.1, 0.15) is 37.0 Å². The van der Waals surface area contributed by atoms with E-state index < -0.39 is 16.0 Å². The van der Waals surface area contributed by atoms with E-state index in [9.17, 15) is 18.3 Å². The predicted octanol–water partition coefficient (Wildman–Crippen LogP) is 3.21. The summed E-state index contributed by atoms with van der Waals surface area (Å²) in [5, 5.41) is 9.53. The molecule has 1 aromatic carbocycles. The van der Waals surface area contributed by atoms with Gasteiger partial charge in [-0.2, -0.15) is 0 Å². The molecule has 0 spiro atoms. The van der Waals surface area contributed by atoms with Gasteiger partial charge < -0.3 is 10.0 Å². The van der Waals surface area contributed by atoms with Crippen molar-refractivity contribution in [2.45, 2.75) is 31.6 Å². The Labute approximate surface area is 153 Å². The molecular formula is C18H23N3O4S. The third-order valence-electron chi connectivity index (χ3n) is 3.87. The van der Waals surface area contributed by atoms with Crippen molar-refractivity contribution in [2.24, 2.45) is 0 Å². The van der Waals surface area contributed by atoms with E-state index in [4.69, 9.17) is 0 Å². The third-order valence-corrected chi connectivity index (χ3v) is 5.26. The van der Waals surface area contributed by atoms with Crippen LogP contribution in [0.5, 0.6) is 0 Å². The molecule has 140 valence electrons. The normalized spacial score (nSPS) is 11.2. The summed E-state index contributed by atoms with van der Waals surface area (Å²) in [5.41, 5.74) is 0.0813. The van der Waals surface area contributed by atoms with Crippen LogP contribution in [0.25, 0.3) is 0 Å². The number of carboxylic acid groups (broad SMARTS) is 1. The number of hydrogen-bond donors (Lipinski definition) is 2. The lowest BCUT2D eigenvalue weighted by Crippen LogP contribution is -2.27. The predicted molar refractivity (Wildman–Crippen MR) is 101 cm³/mol. The van der Waals surface area contributed by atoms with E-state index in [0.717, 1.165) is 12.8 Å². The van der Waals surface area contributed by atoms with Crippen LogP contribution >= 0.6 is 0 Å². The van der Waals surface area contributed by atoms with Gasteiger partial charge in [0.05, 0.1) is 16.8 Å². The minimum Gasteiger partial charge on any atom is -0.478 e. The van der Waals surface area contributed by atoms with Crippen molar-refractivity contribution in [2.75, 3.05) is 22.7 Å². The molecule has 2 N–H and O–H groups in total. The number of carbonyl (C=O) groups is 1. The standard InChI is InChI=1S/C18H23N3O4S/c1-3-5-11-21(4-2)17-16(18(22)23)12-14(13-19-17)20-26(24,25)15-9-7-6-8-10-15/h6-10,12-13,20H,3-5,11H2,1-2H3,(H,22,23). The van der Waals surface area contributed by atoms with Crippen molar-refractivity contribution in [1.82, 2.24) is 4.98 Å². The summed E-state index contributed by atoms with van der Waals surface area (Å²) in [6.07, 6.45) is 3.24. The number of rotatable bonds is 9. The number of unbranched alkanes of at least 4 members (excludes halogenated alkanes) is 1. The van der Waals surface area contributed by atoms with E-state index in [1.54, 1.807) is 18.2 Å². The smallest absolute Gasteiger partial charge is 0.339 e. The molecule has 7 nitrogen and oxygen atoms in total. The number of hydrogen-bond acceptors (Lipinski definition) is 5. The molecule has 0 bridgehead atoms. The number of aromatic carboxylic acids is 1. The van der Waals surface area contributed by atoms with E-state index in [1.165, 1.54) is 24.4 Å². The zero-order valence-electron chi connectivity index (χ0n) is 14.8. The second-order valence-electron chi connectivity index (χ2n) is 5.75. The van der Waals surface area contributed by atoms with E-state index in [1.807, 2.05) is 11.8 Å². The second kappa shape index (κ2) is 8.66. The van der Waals surface area contributed by atoms with Gasteiger partial charge in [-0.25, -0.2) is 18.2 Å². The van der Waals surface area contributed by atoms with Crippen LogP contribution < -0.4 is 9.62 Å². The highest BCUT2D eigenvalue weighted by atomic mass is 32.2. The molecule has 26 heavy (non-hydrogen) atoms. The first-order valence-corrected chi connectivity index (χ1v) is 9.93. The van der Waals surface area contributed by atoms with Crippen LogP contribution in [-0.4, -0.2) is 37.6 Å². The topological polar surface area (TPSA) is 99.6 Å². The van der Waals surface area contributed by atoms with Crippen molar-refractivity contribution in [3.63, 3.8) is 0 Å². The summed E-state index contributed by atoms with van der Waals surface area (Å²) in [4.78, 5) is 17.9. The van der Waals surface area contributed by atoms with Gasteiger partial charge in [-0.1, -0.05) is 31.5 Å². The van der Waals surface area contributed by atoms with Crippen molar-refractivity contribution >= 4 is 27.5 Å². The van der Waals surface area contributed by atoms with Gasteiger partial charge in [-0.15, -0.1) is 0 Å². The molecule has 0 unspecified atom stereocenters. The number of sulfonamides is 1. The fourth-order valence-electron chi connectivity index (χ4n) is 2.50. The van der Waals surface area contributed by atoms with Crippen molar-refractivity contribution in [3.8, 4) is 0 Å². The van der Waals surface area contributed by atoms with Gasteiger partial charge in [-0.05, 0) is 31.5 Å². The zero-order chi connectivity index (χ0) is 19.2. The van der Waals surface area contributed by atoms with Crippen LogP contribution in [0.15, 0.2) is 47.5 Å². The Morgan fingerprint density at radius 1 is 1.23 bits per heavy atom. The lowest BCUT2D eigenvalue weighted by Gasteiger charge is -2.23. The molecule has 1 aromatic heterocycles. The summed E-state index contributed by atoms with van der Waals surface area (Å²) in [6.45, 7) is 5.29. The summed E-state index contributed by atoms with van der Waals surface area (Å²) in [5.74, 6) is -0.806. The average molecular weight is 377 g/mol. The third kappa shape index (κ3) is 4.72. The Kier molecular flexibility index (Phi) is 6.57. The minimum atomic E-state index is -3.81. The summed E-state index contributed by atoms with van der Waals surface area (Å²) < 4.78 is 27.2. The second-order valence-corrected chi connectivity index (χ2v) is 7.43. The first kappa shape index (κ1) is 19.7. The SMILES string of the molecule is CCCCN(CC)c1ncc(NS(=O)(=O)c2ccccc2)cc1C(=O)O. The fraction of sp³-hybridized carbons (Fsp3) is 0.333. The maximum absolute atomic E-state index is 12.4. The monoisotopic (exact) mass is 377 g/mol. The highest BCUT2D eigenvalue weighted by Gasteiger charge is 2.20. The number of pyridine rings is 1. The van der Waals surface area contributed by atoms with Crippen LogP contribution in [0.2, 0.25) is 0 Å². The fourth-order valence-corrected chi connectivity index (χ4v) is 3.55. The van der Waals surface area contributed by atoms with E-state index in [-0.39, 0.29) is 16.1 Å². The lowest BCUT2D eigenvalue weighted by atomic mass is 10.2. The highest BCUT2D eigenvalue weighted by molar-refractivity contribution is 7.92. The van der Waals surface area contributed by atoms with Gasteiger partial charge in [0.25, 0.3) is 10.0 Å². The number of nitrogens with one attached hydrogen (secondary N) is 1. The largest absolute Gasteiger partial charge is 0.478 e. The number of benzene rings is 1. The minimum absolute atomic E-state index is 0.0313. The number of aromatic nitrogens is 1. The molecule has 0 amide bonds. The maximum Gasteiger partial charge on any atom is 0.339 e. The maximum atomic E-state index is 12.4. The van der Waals surface area contributed by atoms with Crippen LogP contribution in [-0.2, 0) is 10.0 Å². The van der Waals surface area contributed by atoms with Gasteiger partial charge in [0.2, 0.25) is 0 Å². The van der Waals surface area contributed by atoms with Crippen molar-refractivity contribution < 1.29 is 18.3 Å². The van der Waals surface area contributed by atoms with Gasteiger partial charge in [0, 0.05) is 13.1 Å². The van der Waals surface area contributed by atoms with E-state index >= 15 is 0 Å². The summed E-state index contributed by atoms with van der Waals surface area (Å²) in [6, 6.07) is 9.18. The molecule has 1 heterocycles. The van der Waals surface area contributed by atoms with Crippen LogP contribution in [0.3, 0.4) is 0 Å². The van der Waals surface area contributed by atoms with Gasteiger partial charge in [0.1, 0.15) is 11.4 Å². The molecule has 0 saturated heterocycles. The molecule has 0 saturated carbocycles. The number of carboxylic acids is 1. The summed E-state index contributed by atoms with van der Waals surface area (Å²) >= 11 is 0. The lowest BCUT2D eigenvalue weighted by molar-refractivity contribution is 0.0697. The van der Waals surface area contributed by atoms with Gasteiger partial charge >= 0.3 is 5.97 Å². The van der Waals surface area contributed by atoms with Crippen molar-refractivity contribution in [3.05, 3.63) is 48.2 Å². The molecule has 2 rings (SSSR count). The Morgan fingerprint density at radius 3 is 2.50 bits per heavy atom. The first-order valence-electron chi connectivity index (χ1n) is 8.45. The quantitative estimate of drug-likeness (QED) is 0.696. The molecule has 0 aliphatic heterocycles. The Hall–Kier alpha value is -2.61. The molecule has 0 fully saturated rings. The van der Waals surface area contributed by atoms with E-state index in [0.29, 0.717) is 18.9 Å². The Morgan fingerprint density at radius 2 is 1.92 bits per heavy atom. The molecule has 0 aliphatic carbocycles. The number of nitrogens with zero attached hydrogens (tertiary/aromatic N) is 2. The first-order chi connectivity index (χ1) is 12.4.